The Morgan fingerprint density at radius 3 is 2.30 bits per heavy atom. The number of ether oxygens (including phenoxy) is 2. The maximum Gasteiger partial charge on any atom is 0.226 e. The topological polar surface area (TPSA) is 84.0 Å². The van der Waals surface area contributed by atoms with E-state index in [4.69, 9.17) is 9.47 Å². The number of rotatable bonds is 7. The van der Waals surface area contributed by atoms with Crippen LogP contribution in [0.5, 0.6) is 11.5 Å². The molecule has 0 aliphatic carbocycles. The molecule has 144 valence electrons. The highest BCUT2D eigenvalue weighted by atomic mass is 79.9. The number of aliphatic imine (C=N–C) groups is 1. The fraction of sp³-hybridized carbons (Fsp3) is 0.263. The summed E-state index contributed by atoms with van der Waals surface area (Å²) in [5.74, 6) is 1.74. The number of halogens is 1. The average Bonchev–Trinajstić information content (AvgIpc) is 2.68. The fourth-order valence-electron chi connectivity index (χ4n) is 2.28. The monoisotopic (exact) mass is 434 g/mol. The SMILES string of the molecule is CN=C(NCCC(=O)Nc1ccc(Br)cc1)Nc1ccc(OC)c(OC)c1. The first-order valence-corrected chi connectivity index (χ1v) is 9.10. The fourth-order valence-corrected chi connectivity index (χ4v) is 2.55. The molecule has 2 aromatic carbocycles. The van der Waals surface area contributed by atoms with Gasteiger partial charge < -0.3 is 25.4 Å². The molecular formula is C19H23BrN4O3. The van der Waals surface area contributed by atoms with Crippen LogP contribution in [0.25, 0.3) is 0 Å². The molecule has 0 heterocycles. The number of guanidine groups is 1. The third kappa shape index (κ3) is 6.49. The van der Waals surface area contributed by atoms with Crippen molar-refractivity contribution in [2.24, 2.45) is 4.99 Å². The summed E-state index contributed by atoms with van der Waals surface area (Å²) in [6.45, 7) is 0.440. The largest absolute Gasteiger partial charge is 0.493 e. The van der Waals surface area contributed by atoms with Crippen LogP contribution in [-0.2, 0) is 4.79 Å². The second-order valence-corrected chi connectivity index (χ2v) is 6.41. The Hall–Kier alpha value is -2.74. The van der Waals surface area contributed by atoms with Gasteiger partial charge in [-0.1, -0.05) is 15.9 Å². The van der Waals surface area contributed by atoms with Gasteiger partial charge in [0, 0.05) is 41.9 Å². The van der Waals surface area contributed by atoms with Crippen molar-refractivity contribution in [3.63, 3.8) is 0 Å². The van der Waals surface area contributed by atoms with E-state index in [1.54, 1.807) is 27.3 Å². The minimum Gasteiger partial charge on any atom is -0.493 e. The number of nitrogens with zero attached hydrogens (tertiary/aromatic N) is 1. The van der Waals surface area contributed by atoms with E-state index >= 15 is 0 Å². The second-order valence-electron chi connectivity index (χ2n) is 5.50. The van der Waals surface area contributed by atoms with E-state index in [1.165, 1.54) is 0 Å². The quantitative estimate of drug-likeness (QED) is 0.458. The van der Waals surface area contributed by atoms with Gasteiger partial charge in [-0.2, -0.15) is 0 Å². The molecule has 7 nitrogen and oxygen atoms in total. The summed E-state index contributed by atoms with van der Waals surface area (Å²) in [6, 6.07) is 12.9. The number of anilines is 2. The molecule has 0 aromatic heterocycles. The molecule has 0 radical (unpaired) electrons. The van der Waals surface area contributed by atoms with Crippen LogP contribution in [-0.4, -0.2) is 39.7 Å². The first-order chi connectivity index (χ1) is 13.0. The summed E-state index contributed by atoms with van der Waals surface area (Å²) in [7, 11) is 4.83. The third-order valence-corrected chi connectivity index (χ3v) is 4.17. The van der Waals surface area contributed by atoms with Crippen molar-refractivity contribution in [3.05, 3.63) is 46.9 Å². The van der Waals surface area contributed by atoms with Gasteiger partial charge >= 0.3 is 0 Å². The molecule has 0 aliphatic heterocycles. The molecule has 1 amide bonds. The predicted molar refractivity (Wildman–Crippen MR) is 112 cm³/mol. The molecule has 0 aliphatic rings. The zero-order valence-electron chi connectivity index (χ0n) is 15.5. The van der Waals surface area contributed by atoms with Gasteiger partial charge in [-0.3, -0.25) is 9.79 Å². The van der Waals surface area contributed by atoms with Gasteiger partial charge in [0.25, 0.3) is 0 Å². The van der Waals surface area contributed by atoms with E-state index in [9.17, 15) is 4.79 Å². The molecule has 0 bridgehead atoms. The van der Waals surface area contributed by atoms with E-state index in [0.29, 0.717) is 30.4 Å². The van der Waals surface area contributed by atoms with Crippen molar-refractivity contribution in [1.29, 1.82) is 0 Å². The maximum atomic E-state index is 12.0. The smallest absolute Gasteiger partial charge is 0.226 e. The highest BCUT2D eigenvalue weighted by molar-refractivity contribution is 9.10. The average molecular weight is 435 g/mol. The minimum absolute atomic E-state index is 0.0774. The number of benzene rings is 2. The van der Waals surface area contributed by atoms with Crippen LogP contribution in [0.15, 0.2) is 51.9 Å². The zero-order chi connectivity index (χ0) is 19.6. The summed E-state index contributed by atoms with van der Waals surface area (Å²) in [5.41, 5.74) is 1.55. The van der Waals surface area contributed by atoms with Crippen LogP contribution in [0.4, 0.5) is 11.4 Å². The van der Waals surface area contributed by atoms with Crippen LogP contribution in [0, 0.1) is 0 Å². The molecule has 2 rings (SSSR count). The van der Waals surface area contributed by atoms with Crippen molar-refractivity contribution in [2.45, 2.75) is 6.42 Å². The number of carbonyl (C=O) groups excluding carboxylic acids is 1. The lowest BCUT2D eigenvalue weighted by molar-refractivity contribution is -0.116. The first kappa shape index (κ1) is 20.6. The summed E-state index contributed by atoms with van der Waals surface area (Å²) in [6.07, 6.45) is 0.308. The maximum absolute atomic E-state index is 12.0. The van der Waals surface area contributed by atoms with Crippen LogP contribution in [0.3, 0.4) is 0 Å². The van der Waals surface area contributed by atoms with Crippen LogP contribution in [0.1, 0.15) is 6.42 Å². The third-order valence-electron chi connectivity index (χ3n) is 3.64. The number of hydrogen-bond acceptors (Lipinski definition) is 4. The Morgan fingerprint density at radius 2 is 1.67 bits per heavy atom. The number of carbonyl (C=O) groups is 1. The molecule has 0 saturated heterocycles. The van der Waals surface area contributed by atoms with Crippen LogP contribution >= 0.6 is 15.9 Å². The molecule has 8 heteroatoms. The van der Waals surface area contributed by atoms with E-state index in [0.717, 1.165) is 15.8 Å². The van der Waals surface area contributed by atoms with Gasteiger partial charge in [-0.25, -0.2) is 0 Å². The van der Waals surface area contributed by atoms with Gasteiger partial charge in [-0.15, -0.1) is 0 Å². The standard InChI is InChI=1S/C19H23BrN4O3/c1-21-19(24-15-8-9-16(26-2)17(12-15)27-3)22-11-10-18(25)23-14-6-4-13(20)5-7-14/h4-9,12H,10-11H2,1-3H3,(H,23,25)(H2,21,22,24). The molecule has 27 heavy (non-hydrogen) atoms. The second kappa shape index (κ2) is 10.4. The Morgan fingerprint density at radius 1 is 1.00 bits per heavy atom. The van der Waals surface area contributed by atoms with Gasteiger partial charge in [0.15, 0.2) is 17.5 Å². The van der Waals surface area contributed by atoms with Gasteiger partial charge in [0.05, 0.1) is 14.2 Å². The van der Waals surface area contributed by atoms with Gasteiger partial charge in [-0.05, 0) is 36.4 Å². The molecule has 0 atom stereocenters. The lowest BCUT2D eigenvalue weighted by atomic mass is 10.2. The molecule has 3 N–H and O–H groups in total. The summed E-state index contributed by atoms with van der Waals surface area (Å²) < 4.78 is 11.5. The Labute approximate surface area is 167 Å². The molecule has 0 saturated carbocycles. The predicted octanol–water partition coefficient (Wildman–Crippen LogP) is 3.48. The number of amides is 1. The highest BCUT2D eigenvalue weighted by Crippen LogP contribution is 2.29. The van der Waals surface area contributed by atoms with Crippen LogP contribution < -0.4 is 25.4 Å². The molecule has 0 fully saturated rings. The number of hydrogen-bond donors (Lipinski definition) is 3. The lowest BCUT2D eigenvalue weighted by Gasteiger charge is -2.14. The van der Waals surface area contributed by atoms with Crippen LogP contribution in [0.2, 0.25) is 0 Å². The summed E-state index contributed by atoms with van der Waals surface area (Å²) in [5, 5.41) is 9.11. The minimum atomic E-state index is -0.0774. The van der Waals surface area contributed by atoms with E-state index in [2.05, 4.69) is 36.9 Å². The van der Waals surface area contributed by atoms with Crippen molar-refractivity contribution < 1.29 is 14.3 Å². The highest BCUT2D eigenvalue weighted by Gasteiger charge is 2.07. The van der Waals surface area contributed by atoms with Crippen molar-refractivity contribution in [1.82, 2.24) is 5.32 Å². The number of nitrogens with one attached hydrogen (secondary N) is 3. The van der Waals surface area contributed by atoms with Gasteiger partial charge in [0.2, 0.25) is 5.91 Å². The molecule has 2 aromatic rings. The van der Waals surface area contributed by atoms with Crippen molar-refractivity contribution in [3.8, 4) is 11.5 Å². The Bertz CT molecular complexity index is 794. The lowest BCUT2D eigenvalue weighted by Crippen LogP contribution is -2.33. The molecule has 0 spiro atoms. The Kier molecular flexibility index (Phi) is 7.94. The van der Waals surface area contributed by atoms with Crippen molar-refractivity contribution in [2.75, 3.05) is 38.4 Å². The van der Waals surface area contributed by atoms with E-state index in [-0.39, 0.29) is 5.91 Å². The van der Waals surface area contributed by atoms with Gasteiger partial charge in [0.1, 0.15) is 0 Å². The summed E-state index contributed by atoms with van der Waals surface area (Å²) in [4.78, 5) is 16.2. The molecule has 0 unspecified atom stereocenters. The Balaban J connectivity index is 1.83. The zero-order valence-corrected chi connectivity index (χ0v) is 17.1. The number of methoxy groups -OCH3 is 2. The van der Waals surface area contributed by atoms with E-state index < -0.39 is 0 Å². The van der Waals surface area contributed by atoms with E-state index in [1.807, 2.05) is 36.4 Å². The first-order valence-electron chi connectivity index (χ1n) is 8.31. The summed E-state index contributed by atoms with van der Waals surface area (Å²) >= 11 is 3.36. The van der Waals surface area contributed by atoms with Crippen molar-refractivity contribution >= 4 is 39.2 Å². The molecular weight excluding hydrogens is 412 g/mol. The normalized spacial score (nSPS) is 10.9.